The van der Waals surface area contributed by atoms with E-state index < -0.39 is 0 Å². The highest BCUT2D eigenvalue weighted by atomic mass is 16.5. The van der Waals surface area contributed by atoms with Gasteiger partial charge in [-0.2, -0.15) is 0 Å². The van der Waals surface area contributed by atoms with E-state index in [1.807, 2.05) is 19.1 Å². The number of hydrogen-bond donors (Lipinski definition) is 1. The van der Waals surface area contributed by atoms with Crippen LogP contribution in [0.25, 0.3) is 11.4 Å². The van der Waals surface area contributed by atoms with E-state index in [2.05, 4.69) is 20.8 Å². The number of carbonyl (C=O) groups excluding carboxylic acids is 1. The number of ether oxygens (including phenoxy) is 1. The molecule has 0 fully saturated rings. The summed E-state index contributed by atoms with van der Waals surface area (Å²) in [4.78, 5) is 12.1. The van der Waals surface area contributed by atoms with Crippen LogP contribution >= 0.6 is 0 Å². The largest absolute Gasteiger partial charge is 0.382 e. The van der Waals surface area contributed by atoms with Crippen LogP contribution in [0.3, 0.4) is 0 Å². The molecule has 0 spiro atoms. The summed E-state index contributed by atoms with van der Waals surface area (Å²) in [6, 6.07) is 7.24. The summed E-state index contributed by atoms with van der Waals surface area (Å²) in [5.41, 5.74) is 1.40. The molecule has 7 nitrogen and oxygen atoms in total. The maximum Gasteiger partial charge on any atom is 0.251 e. The monoisotopic (exact) mass is 289 g/mol. The van der Waals surface area contributed by atoms with Gasteiger partial charge in [0.05, 0.1) is 0 Å². The van der Waals surface area contributed by atoms with Crippen LogP contribution < -0.4 is 5.32 Å². The summed E-state index contributed by atoms with van der Waals surface area (Å²) in [5, 5.41) is 14.2. The van der Waals surface area contributed by atoms with Crippen molar-refractivity contribution in [2.24, 2.45) is 7.05 Å². The summed E-state index contributed by atoms with van der Waals surface area (Å²) in [6.07, 6.45) is 0.798. The van der Waals surface area contributed by atoms with E-state index >= 15 is 0 Å². The number of tetrazole rings is 1. The fourth-order valence-corrected chi connectivity index (χ4v) is 1.90. The SMILES string of the molecule is CCOCCCNC(=O)c1cccc(-c2nnnn2C)c1. The van der Waals surface area contributed by atoms with Crippen LogP contribution in [-0.4, -0.2) is 45.9 Å². The molecule has 0 aliphatic heterocycles. The first-order chi connectivity index (χ1) is 10.2. The highest BCUT2D eigenvalue weighted by molar-refractivity contribution is 5.95. The molecule has 112 valence electrons. The molecular weight excluding hydrogens is 270 g/mol. The third-order valence-electron chi connectivity index (χ3n) is 2.96. The Bertz CT molecular complexity index is 597. The van der Waals surface area contributed by atoms with Crippen molar-refractivity contribution in [2.45, 2.75) is 13.3 Å². The lowest BCUT2D eigenvalue weighted by molar-refractivity contribution is 0.0944. The van der Waals surface area contributed by atoms with Gasteiger partial charge < -0.3 is 10.1 Å². The number of aryl methyl sites for hydroxylation is 1. The minimum absolute atomic E-state index is 0.108. The van der Waals surface area contributed by atoms with Gasteiger partial charge in [-0.05, 0) is 35.9 Å². The molecule has 0 saturated heterocycles. The average Bonchev–Trinajstić information content (AvgIpc) is 2.93. The average molecular weight is 289 g/mol. The van der Waals surface area contributed by atoms with Crippen LogP contribution in [0.5, 0.6) is 0 Å². The molecule has 0 aliphatic carbocycles. The van der Waals surface area contributed by atoms with E-state index in [4.69, 9.17) is 4.74 Å². The van der Waals surface area contributed by atoms with Crippen LogP contribution in [0, 0.1) is 0 Å². The third-order valence-corrected chi connectivity index (χ3v) is 2.96. The molecule has 0 saturated carbocycles. The van der Waals surface area contributed by atoms with Gasteiger partial charge in [-0.3, -0.25) is 4.79 Å². The molecule has 2 rings (SSSR count). The quantitative estimate of drug-likeness (QED) is 0.770. The Morgan fingerprint density at radius 3 is 3.00 bits per heavy atom. The number of rotatable bonds is 7. The number of nitrogens with zero attached hydrogens (tertiary/aromatic N) is 4. The number of carbonyl (C=O) groups is 1. The van der Waals surface area contributed by atoms with E-state index in [9.17, 15) is 4.79 Å². The van der Waals surface area contributed by atoms with Crippen molar-refractivity contribution in [1.29, 1.82) is 0 Å². The fourth-order valence-electron chi connectivity index (χ4n) is 1.90. The first-order valence-corrected chi connectivity index (χ1v) is 6.91. The van der Waals surface area contributed by atoms with Gasteiger partial charge in [0.1, 0.15) is 0 Å². The second-order valence-electron chi connectivity index (χ2n) is 4.51. The molecule has 7 heteroatoms. The van der Waals surface area contributed by atoms with Crippen LogP contribution in [0.2, 0.25) is 0 Å². The zero-order valence-electron chi connectivity index (χ0n) is 12.2. The molecule has 21 heavy (non-hydrogen) atoms. The first kappa shape index (κ1) is 15.1. The maximum absolute atomic E-state index is 12.1. The fraction of sp³-hybridized carbons (Fsp3) is 0.429. The van der Waals surface area contributed by atoms with E-state index in [1.54, 1.807) is 23.9 Å². The molecule has 0 bridgehead atoms. The summed E-state index contributed by atoms with van der Waals surface area (Å²) >= 11 is 0. The Labute approximate surface area is 123 Å². The standard InChI is InChI=1S/C14H19N5O2/c1-3-21-9-5-8-15-14(20)12-7-4-6-11(10-12)13-16-17-18-19(13)2/h4,6-7,10H,3,5,8-9H2,1-2H3,(H,15,20). The number of benzene rings is 1. The second kappa shape index (κ2) is 7.49. The molecule has 2 aromatic rings. The molecule has 0 atom stereocenters. The number of hydrogen-bond acceptors (Lipinski definition) is 5. The van der Waals surface area contributed by atoms with Crippen molar-refractivity contribution in [3.05, 3.63) is 29.8 Å². The lowest BCUT2D eigenvalue weighted by Gasteiger charge is -2.06. The predicted octanol–water partition coefficient (Wildman–Crippen LogP) is 1.03. The minimum Gasteiger partial charge on any atom is -0.382 e. The molecule has 1 heterocycles. The Morgan fingerprint density at radius 1 is 1.43 bits per heavy atom. The van der Waals surface area contributed by atoms with Gasteiger partial charge in [0, 0.05) is 37.9 Å². The van der Waals surface area contributed by atoms with Crippen molar-refractivity contribution >= 4 is 5.91 Å². The van der Waals surface area contributed by atoms with Crippen LogP contribution in [0.15, 0.2) is 24.3 Å². The summed E-state index contributed by atoms with van der Waals surface area (Å²) in [7, 11) is 1.76. The minimum atomic E-state index is -0.108. The number of aromatic nitrogens is 4. The van der Waals surface area contributed by atoms with Gasteiger partial charge in [-0.25, -0.2) is 4.68 Å². The third kappa shape index (κ3) is 4.09. The highest BCUT2D eigenvalue weighted by Crippen LogP contribution is 2.16. The van der Waals surface area contributed by atoms with E-state index in [-0.39, 0.29) is 5.91 Å². The molecular formula is C14H19N5O2. The Balaban J connectivity index is 1.97. The Kier molecular flexibility index (Phi) is 5.39. The molecule has 1 N–H and O–H groups in total. The first-order valence-electron chi connectivity index (χ1n) is 6.91. The molecule has 0 radical (unpaired) electrons. The van der Waals surface area contributed by atoms with E-state index in [1.165, 1.54) is 0 Å². The molecule has 1 aromatic heterocycles. The molecule has 1 amide bonds. The van der Waals surface area contributed by atoms with E-state index in [0.717, 1.165) is 12.0 Å². The van der Waals surface area contributed by atoms with Gasteiger partial charge in [0.2, 0.25) is 0 Å². The smallest absolute Gasteiger partial charge is 0.251 e. The topological polar surface area (TPSA) is 81.9 Å². The molecule has 0 unspecified atom stereocenters. The second-order valence-corrected chi connectivity index (χ2v) is 4.51. The zero-order chi connectivity index (χ0) is 15.1. The Hall–Kier alpha value is -2.28. The summed E-state index contributed by atoms with van der Waals surface area (Å²) < 4.78 is 6.79. The molecule has 0 aliphatic rings. The van der Waals surface area contributed by atoms with Gasteiger partial charge in [0.25, 0.3) is 5.91 Å². The van der Waals surface area contributed by atoms with Crippen LogP contribution in [0.1, 0.15) is 23.7 Å². The highest BCUT2D eigenvalue weighted by Gasteiger charge is 2.10. The van der Waals surface area contributed by atoms with Gasteiger partial charge in [-0.15, -0.1) is 5.10 Å². The molecule has 1 aromatic carbocycles. The van der Waals surface area contributed by atoms with Crippen molar-refractivity contribution in [1.82, 2.24) is 25.5 Å². The van der Waals surface area contributed by atoms with Crippen LogP contribution in [-0.2, 0) is 11.8 Å². The lowest BCUT2D eigenvalue weighted by atomic mass is 10.1. The lowest BCUT2D eigenvalue weighted by Crippen LogP contribution is -2.25. The Morgan fingerprint density at radius 2 is 2.29 bits per heavy atom. The predicted molar refractivity (Wildman–Crippen MR) is 77.7 cm³/mol. The van der Waals surface area contributed by atoms with Crippen LogP contribution in [0.4, 0.5) is 0 Å². The number of amides is 1. The van der Waals surface area contributed by atoms with Gasteiger partial charge in [-0.1, -0.05) is 12.1 Å². The maximum atomic E-state index is 12.1. The summed E-state index contributed by atoms with van der Waals surface area (Å²) in [5.74, 6) is 0.518. The van der Waals surface area contributed by atoms with Crippen molar-refractivity contribution < 1.29 is 9.53 Å². The van der Waals surface area contributed by atoms with Gasteiger partial charge >= 0.3 is 0 Å². The number of nitrogens with one attached hydrogen (secondary N) is 1. The zero-order valence-corrected chi connectivity index (χ0v) is 12.2. The van der Waals surface area contributed by atoms with Gasteiger partial charge in [0.15, 0.2) is 5.82 Å². The van der Waals surface area contributed by atoms with Crippen molar-refractivity contribution in [2.75, 3.05) is 19.8 Å². The van der Waals surface area contributed by atoms with Crippen molar-refractivity contribution in [3.63, 3.8) is 0 Å². The normalized spacial score (nSPS) is 10.6. The van der Waals surface area contributed by atoms with E-state index in [0.29, 0.717) is 31.1 Å². The van der Waals surface area contributed by atoms with Crippen molar-refractivity contribution in [3.8, 4) is 11.4 Å². The summed E-state index contributed by atoms with van der Waals surface area (Å²) in [6.45, 7) is 3.89.